The number of carbonyl (C=O) groups is 1. The summed E-state index contributed by atoms with van der Waals surface area (Å²) in [4.78, 5) is 19.9. The van der Waals surface area contributed by atoms with E-state index in [-0.39, 0.29) is 5.88 Å². The number of nitrogens with one attached hydrogen (secondary N) is 1. The minimum atomic E-state index is -2.56. The second kappa shape index (κ2) is 8.26. The van der Waals surface area contributed by atoms with Crippen molar-refractivity contribution in [3.05, 3.63) is 41.9 Å². The summed E-state index contributed by atoms with van der Waals surface area (Å²) in [5, 5.41) is 17.0. The van der Waals surface area contributed by atoms with E-state index >= 15 is 0 Å². The first kappa shape index (κ1) is 19.6. The largest absolute Gasteiger partial charge is 0.471 e. The zero-order valence-electron chi connectivity index (χ0n) is 15.3. The molecule has 0 aliphatic carbocycles. The highest BCUT2D eigenvalue weighted by Crippen LogP contribution is 2.21. The van der Waals surface area contributed by atoms with E-state index in [9.17, 15) is 18.7 Å². The van der Waals surface area contributed by atoms with Gasteiger partial charge in [-0.1, -0.05) is 0 Å². The van der Waals surface area contributed by atoms with Gasteiger partial charge >= 0.3 is 0 Å². The molecule has 1 amide bonds. The number of hydrogen-bond acceptors (Lipinski definition) is 6. The number of rotatable bonds is 7. The first-order chi connectivity index (χ1) is 13.3. The second-order valence-corrected chi connectivity index (χ2v) is 6.25. The Labute approximate surface area is 159 Å². The number of halogens is 2. The smallest absolute Gasteiger partial charge is 0.272 e. The molecule has 0 fully saturated rings. The predicted octanol–water partition coefficient (Wildman–Crippen LogP) is 2.15. The fraction of sp³-hybridized carbons (Fsp3) is 0.333. The second-order valence-electron chi connectivity index (χ2n) is 6.25. The highest BCUT2D eigenvalue weighted by Gasteiger charge is 2.14. The number of alkyl halides is 2. The fourth-order valence-electron chi connectivity index (χ4n) is 2.58. The number of amides is 1. The highest BCUT2D eigenvalue weighted by atomic mass is 19.3. The first-order valence-corrected chi connectivity index (χ1v) is 8.51. The van der Waals surface area contributed by atoms with Gasteiger partial charge in [-0.2, -0.15) is 5.10 Å². The molecule has 28 heavy (non-hydrogen) atoms. The van der Waals surface area contributed by atoms with E-state index in [0.717, 1.165) is 5.56 Å². The molecule has 3 aromatic heterocycles. The lowest BCUT2D eigenvalue weighted by Gasteiger charge is -2.09. The van der Waals surface area contributed by atoms with Crippen molar-refractivity contribution >= 4 is 22.6 Å². The molecule has 8 nitrogen and oxygen atoms in total. The summed E-state index contributed by atoms with van der Waals surface area (Å²) in [7, 11) is 0. The van der Waals surface area contributed by atoms with Crippen molar-refractivity contribution in [2.45, 2.75) is 32.9 Å². The van der Waals surface area contributed by atoms with Crippen molar-refractivity contribution in [1.29, 1.82) is 0 Å². The molecule has 1 atom stereocenters. The number of fused-ring (bicyclic) bond motifs is 1. The number of aromatic nitrogens is 4. The number of hydrogen-bond donors (Lipinski definition) is 2. The number of aliphatic hydroxyl groups excluding tert-OH is 1. The Morgan fingerprint density at radius 2 is 2.18 bits per heavy atom. The molecule has 3 aromatic rings. The summed E-state index contributed by atoms with van der Waals surface area (Å²) in [6, 6.07) is 3.49. The van der Waals surface area contributed by atoms with Crippen molar-refractivity contribution in [3.63, 3.8) is 0 Å². The molecular weight excluding hydrogens is 372 g/mol. The Bertz CT molecular complexity index is 991. The molecule has 0 spiro atoms. The van der Waals surface area contributed by atoms with Crippen LogP contribution in [0.5, 0.6) is 5.88 Å². The molecule has 1 unspecified atom stereocenters. The quantitative estimate of drug-likeness (QED) is 0.640. The maximum atomic E-state index is 12.3. The normalized spacial score (nSPS) is 12.4. The maximum Gasteiger partial charge on any atom is 0.272 e. The molecule has 10 heteroatoms. The SMILES string of the molecule is Cc1cc(Cn2cc3c(NC(=O)C(C)O)nccc3n2)cnc1OCC(F)F. The van der Waals surface area contributed by atoms with Crippen molar-refractivity contribution < 1.29 is 23.4 Å². The molecule has 3 rings (SSSR count). The third-order valence-electron chi connectivity index (χ3n) is 3.88. The van der Waals surface area contributed by atoms with Crippen molar-refractivity contribution in [1.82, 2.24) is 19.7 Å². The number of ether oxygens (including phenoxy) is 1. The van der Waals surface area contributed by atoms with Crippen molar-refractivity contribution in [2.24, 2.45) is 0 Å². The Kier molecular flexibility index (Phi) is 5.78. The summed E-state index contributed by atoms with van der Waals surface area (Å²) in [5.41, 5.74) is 2.07. The van der Waals surface area contributed by atoms with Crippen LogP contribution in [0, 0.1) is 6.92 Å². The topological polar surface area (TPSA) is 102 Å². The van der Waals surface area contributed by atoms with Gasteiger partial charge < -0.3 is 15.2 Å². The minimum absolute atomic E-state index is 0.169. The molecule has 0 bridgehead atoms. The van der Waals surface area contributed by atoms with E-state index < -0.39 is 25.0 Å². The van der Waals surface area contributed by atoms with Gasteiger partial charge in [-0.25, -0.2) is 18.7 Å². The Morgan fingerprint density at radius 1 is 1.39 bits per heavy atom. The van der Waals surface area contributed by atoms with Gasteiger partial charge in [0.05, 0.1) is 17.4 Å². The van der Waals surface area contributed by atoms with E-state index in [1.165, 1.54) is 19.3 Å². The number of aryl methyl sites for hydroxylation is 1. The standard InChI is InChI=1S/C18H19F2N5O3/c1-10-5-12(6-22-18(10)28-9-15(19)20)7-25-8-13-14(24-25)3-4-21-16(13)23-17(27)11(2)26/h3-6,8,11,15,26H,7,9H2,1-2H3,(H,21,23,27). The molecule has 0 aliphatic rings. The predicted molar refractivity (Wildman–Crippen MR) is 97.4 cm³/mol. The third-order valence-corrected chi connectivity index (χ3v) is 3.88. The van der Waals surface area contributed by atoms with Gasteiger partial charge in [-0.3, -0.25) is 9.48 Å². The van der Waals surface area contributed by atoms with E-state index in [1.807, 2.05) is 0 Å². The van der Waals surface area contributed by atoms with Crippen LogP contribution in [0.25, 0.3) is 10.9 Å². The summed E-state index contributed by atoms with van der Waals surface area (Å²) in [6.07, 6.45) is 1.05. The molecule has 0 aliphatic heterocycles. The van der Waals surface area contributed by atoms with Crippen LogP contribution in [-0.4, -0.2) is 49.9 Å². The molecule has 0 aromatic carbocycles. The van der Waals surface area contributed by atoms with Crippen molar-refractivity contribution in [2.75, 3.05) is 11.9 Å². The first-order valence-electron chi connectivity index (χ1n) is 8.51. The zero-order chi connectivity index (χ0) is 20.3. The van der Waals surface area contributed by atoms with Crippen LogP contribution in [0.15, 0.2) is 30.7 Å². The summed E-state index contributed by atoms with van der Waals surface area (Å²) in [6.45, 7) is 2.76. The molecule has 3 heterocycles. The van der Waals surface area contributed by atoms with Crippen LogP contribution in [-0.2, 0) is 11.3 Å². The molecule has 0 radical (unpaired) electrons. The van der Waals surface area contributed by atoms with Gasteiger partial charge in [0.2, 0.25) is 5.88 Å². The van der Waals surface area contributed by atoms with Crippen molar-refractivity contribution in [3.8, 4) is 5.88 Å². The number of anilines is 1. The van der Waals surface area contributed by atoms with Crippen LogP contribution in [0.3, 0.4) is 0 Å². The molecule has 0 saturated heterocycles. The minimum Gasteiger partial charge on any atom is -0.471 e. The lowest BCUT2D eigenvalue weighted by atomic mass is 10.2. The monoisotopic (exact) mass is 391 g/mol. The number of pyridine rings is 2. The average molecular weight is 391 g/mol. The highest BCUT2D eigenvalue weighted by molar-refractivity contribution is 6.00. The van der Waals surface area contributed by atoms with Gasteiger partial charge in [0.15, 0.2) is 6.61 Å². The van der Waals surface area contributed by atoms with Crippen LogP contribution < -0.4 is 10.1 Å². The van der Waals surface area contributed by atoms with Gasteiger partial charge in [0, 0.05) is 24.2 Å². The average Bonchev–Trinajstić information content (AvgIpc) is 3.04. The van der Waals surface area contributed by atoms with Crippen LogP contribution in [0.2, 0.25) is 0 Å². The maximum absolute atomic E-state index is 12.3. The molecule has 2 N–H and O–H groups in total. The van der Waals surface area contributed by atoms with Crippen LogP contribution >= 0.6 is 0 Å². The molecule has 148 valence electrons. The number of aliphatic hydroxyl groups is 1. The van der Waals surface area contributed by atoms with Crippen LogP contribution in [0.4, 0.5) is 14.6 Å². The zero-order valence-corrected chi connectivity index (χ0v) is 15.3. The lowest BCUT2D eigenvalue weighted by molar-refractivity contribution is -0.123. The Balaban J connectivity index is 1.79. The lowest BCUT2D eigenvalue weighted by Crippen LogP contribution is -2.24. The summed E-state index contributed by atoms with van der Waals surface area (Å²) >= 11 is 0. The van der Waals surface area contributed by atoms with E-state index in [1.54, 1.807) is 29.9 Å². The van der Waals surface area contributed by atoms with Gasteiger partial charge in [-0.05, 0) is 31.5 Å². The Morgan fingerprint density at radius 3 is 2.86 bits per heavy atom. The summed E-state index contributed by atoms with van der Waals surface area (Å²) in [5.74, 6) is -0.0892. The molecule has 0 saturated carbocycles. The summed E-state index contributed by atoms with van der Waals surface area (Å²) < 4.78 is 31.2. The van der Waals surface area contributed by atoms with Gasteiger partial charge in [-0.15, -0.1) is 0 Å². The fourth-order valence-corrected chi connectivity index (χ4v) is 2.58. The number of carbonyl (C=O) groups excluding carboxylic acids is 1. The van der Waals surface area contributed by atoms with Gasteiger partial charge in [0.25, 0.3) is 12.3 Å². The number of nitrogens with zero attached hydrogens (tertiary/aromatic N) is 4. The van der Waals surface area contributed by atoms with E-state index in [2.05, 4.69) is 20.4 Å². The molecular formula is C18H19F2N5O3. The Hall–Kier alpha value is -3.14. The van der Waals surface area contributed by atoms with E-state index in [0.29, 0.717) is 28.8 Å². The van der Waals surface area contributed by atoms with Gasteiger partial charge in [0.1, 0.15) is 11.9 Å². The third kappa shape index (κ3) is 4.58. The van der Waals surface area contributed by atoms with E-state index in [4.69, 9.17) is 4.74 Å². The van der Waals surface area contributed by atoms with Crippen LogP contribution in [0.1, 0.15) is 18.1 Å².